The van der Waals surface area contributed by atoms with E-state index in [-0.39, 0.29) is 22.9 Å². The molecule has 0 aromatic heterocycles. The number of halogens is 1. The third-order valence-corrected chi connectivity index (χ3v) is 9.99. The lowest BCUT2D eigenvalue weighted by Crippen LogP contribution is -2.49. The van der Waals surface area contributed by atoms with Crippen molar-refractivity contribution in [1.82, 2.24) is 9.80 Å². The predicted molar refractivity (Wildman–Crippen MR) is 158 cm³/mol. The van der Waals surface area contributed by atoms with E-state index >= 15 is 0 Å². The maximum atomic E-state index is 13.6. The van der Waals surface area contributed by atoms with Crippen LogP contribution in [0.25, 0.3) is 0 Å². The molecule has 41 heavy (non-hydrogen) atoms. The van der Waals surface area contributed by atoms with Crippen LogP contribution in [0.3, 0.4) is 0 Å². The molecule has 8 heteroatoms. The minimum absolute atomic E-state index is 0.0425. The van der Waals surface area contributed by atoms with E-state index < -0.39 is 15.8 Å². The van der Waals surface area contributed by atoms with E-state index in [0.717, 1.165) is 30.8 Å². The van der Waals surface area contributed by atoms with Crippen LogP contribution < -0.4 is 4.31 Å². The van der Waals surface area contributed by atoms with Gasteiger partial charge in [-0.1, -0.05) is 60.7 Å². The maximum Gasteiger partial charge on any atom is 0.264 e. The lowest BCUT2D eigenvalue weighted by Gasteiger charge is -2.40. The van der Waals surface area contributed by atoms with Crippen molar-refractivity contribution < 1.29 is 17.6 Å². The van der Waals surface area contributed by atoms with Crippen LogP contribution in [0.15, 0.2) is 108 Å². The molecule has 2 heterocycles. The van der Waals surface area contributed by atoms with E-state index in [1.165, 1.54) is 27.6 Å². The van der Waals surface area contributed by atoms with Gasteiger partial charge in [-0.15, -0.1) is 0 Å². The van der Waals surface area contributed by atoms with Crippen LogP contribution in [0.2, 0.25) is 0 Å². The monoisotopic (exact) mass is 569 g/mol. The number of hydrogen-bond acceptors (Lipinski definition) is 4. The second-order valence-corrected chi connectivity index (χ2v) is 12.5. The van der Waals surface area contributed by atoms with E-state index in [1.54, 1.807) is 12.1 Å². The second-order valence-electron chi connectivity index (χ2n) is 10.7. The van der Waals surface area contributed by atoms with Crippen LogP contribution in [0.4, 0.5) is 10.1 Å². The Morgan fingerprint density at radius 2 is 1.39 bits per heavy atom. The van der Waals surface area contributed by atoms with E-state index in [0.29, 0.717) is 30.8 Å². The van der Waals surface area contributed by atoms with Crippen molar-refractivity contribution in [2.75, 3.05) is 30.5 Å². The van der Waals surface area contributed by atoms with Crippen molar-refractivity contribution in [3.63, 3.8) is 0 Å². The van der Waals surface area contributed by atoms with Crippen molar-refractivity contribution in [2.24, 2.45) is 0 Å². The zero-order valence-corrected chi connectivity index (χ0v) is 23.7. The van der Waals surface area contributed by atoms with E-state index in [2.05, 4.69) is 53.4 Å². The third-order valence-electron chi connectivity index (χ3n) is 8.05. The van der Waals surface area contributed by atoms with Gasteiger partial charge < -0.3 is 4.90 Å². The number of hydrogen-bond donors (Lipinski definition) is 0. The Kier molecular flexibility index (Phi) is 7.36. The molecule has 0 N–H and O–H groups in total. The molecular weight excluding hydrogens is 537 g/mol. The maximum absolute atomic E-state index is 13.6. The molecule has 0 unspecified atom stereocenters. The van der Waals surface area contributed by atoms with Crippen molar-refractivity contribution in [2.45, 2.75) is 30.3 Å². The van der Waals surface area contributed by atoms with Gasteiger partial charge in [-0.3, -0.25) is 14.0 Å². The largest absolute Gasteiger partial charge is 0.336 e. The topological polar surface area (TPSA) is 60.9 Å². The minimum atomic E-state index is -3.87. The molecule has 2 aliphatic heterocycles. The van der Waals surface area contributed by atoms with Gasteiger partial charge in [0.05, 0.1) is 16.6 Å². The molecule has 1 fully saturated rings. The van der Waals surface area contributed by atoms with Crippen LogP contribution in [-0.2, 0) is 16.4 Å². The highest BCUT2D eigenvalue weighted by atomic mass is 32.2. The summed E-state index contributed by atoms with van der Waals surface area (Å²) in [5.41, 5.74) is 4.41. The number of rotatable bonds is 6. The SMILES string of the molecule is C[C@@H]1Cc2cc(C(=O)N3CCN(C(c4ccccc4)c4ccccc4)CC3)ccc2N1S(=O)(=O)c1ccc(F)cc1. The summed E-state index contributed by atoms with van der Waals surface area (Å²) in [4.78, 5) is 17.9. The molecule has 1 amide bonds. The first-order chi connectivity index (χ1) is 19.8. The number of sulfonamides is 1. The number of piperazine rings is 1. The Morgan fingerprint density at radius 3 is 1.98 bits per heavy atom. The molecule has 4 aromatic carbocycles. The summed E-state index contributed by atoms with van der Waals surface area (Å²) in [7, 11) is -3.87. The second kappa shape index (κ2) is 11.1. The van der Waals surface area contributed by atoms with Gasteiger partial charge >= 0.3 is 0 Å². The highest BCUT2D eigenvalue weighted by Gasteiger charge is 2.37. The molecule has 6 nitrogen and oxygen atoms in total. The molecule has 0 aliphatic carbocycles. The molecule has 0 spiro atoms. The van der Waals surface area contributed by atoms with Crippen molar-refractivity contribution >= 4 is 21.6 Å². The summed E-state index contributed by atoms with van der Waals surface area (Å²) >= 11 is 0. The van der Waals surface area contributed by atoms with Crippen LogP contribution in [-0.4, -0.2) is 56.3 Å². The minimum Gasteiger partial charge on any atom is -0.336 e. The number of anilines is 1. The normalized spacial score (nSPS) is 17.6. The molecule has 210 valence electrons. The summed E-state index contributed by atoms with van der Waals surface area (Å²) in [5.74, 6) is -0.533. The number of carbonyl (C=O) groups excluding carboxylic acids is 1. The number of benzene rings is 4. The Balaban J connectivity index is 1.18. The van der Waals surface area contributed by atoms with Crippen LogP contribution in [0, 0.1) is 5.82 Å². The molecule has 1 atom stereocenters. The average molecular weight is 570 g/mol. The fourth-order valence-corrected chi connectivity index (χ4v) is 7.77. The first kappa shape index (κ1) is 27.2. The van der Waals surface area contributed by atoms with Crippen LogP contribution in [0.1, 0.15) is 40.0 Å². The lowest BCUT2D eigenvalue weighted by molar-refractivity contribution is 0.0597. The Morgan fingerprint density at radius 1 is 0.805 bits per heavy atom. The Labute approximate surface area is 240 Å². The van der Waals surface area contributed by atoms with Gasteiger partial charge in [0.2, 0.25) is 0 Å². The van der Waals surface area contributed by atoms with Crippen LogP contribution >= 0.6 is 0 Å². The summed E-state index contributed by atoms with van der Waals surface area (Å²) in [5, 5.41) is 0. The molecule has 4 aromatic rings. The highest BCUT2D eigenvalue weighted by Crippen LogP contribution is 2.38. The number of amides is 1. The smallest absolute Gasteiger partial charge is 0.264 e. The first-order valence-electron chi connectivity index (χ1n) is 13.9. The Bertz CT molecular complexity index is 1600. The average Bonchev–Trinajstić information content (AvgIpc) is 3.34. The first-order valence-corrected chi connectivity index (χ1v) is 15.3. The molecular formula is C33H32FN3O3S. The number of nitrogens with zero attached hydrogens (tertiary/aromatic N) is 3. The number of carbonyl (C=O) groups is 1. The summed E-state index contributed by atoms with van der Waals surface area (Å²) in [6.07, 6.45) is 0.500. The fraction of sp³-hybridized carbons (Fsp3) is 0.242. The summed E-state index contributed by atoms with van der Waals surface area (Å²) < 4.78 is 41.6. The standard InChI is InChI=1S/C33H32FN3O3S/c1-24-22-28-23-27(12-17-31(28)37(24)41(39,40)30-15-13-29(34)14-16-30)33(38)36-20-18-35(19-21-36)32(25-8-4-2-5-9-25)26-10-6-3-7-11-26/h2-17,23-24,32H,18-22H2,1H3/t24-/m1/s1. The molecule has 1 saturated heterocycles. The lowest BCUT2D eigenvalue weighted by atomic mass is 9.96. The van der Waals surface area contributed by atoms with Gasteiger partial charge in [-0.25, -0.2) is 12.8 Å². The van der Waals surface area contributed by atoms with E-state index in [9.17, 15) is 17.6 Å². The van der Waals surface area contributed by atoms with Crippen LogP contribution in [0.5, 0.6) is 0 Å². The Hall–Kier alpha value is -4.01. The van der Waals surface area contributed by atoms with E-state index in [1.807, 2.05) is 30.0 Å². The fourth-order valence-electron chi connectivity index (χ4n) is 6.07. The predicted octanol–water partition coefficient (Wildman–Crippen LogP) is 5.51. The summed E-state index contributed by atoms with van der Waals surface area (Å²) in [6.45, 7) is 4.54. The molecule has 6 rings (SSSR count). The quantitative estimate of drug-likeness (QED) is 0.307. The van der Waals surface area contributed by atoms with Crippen molar-refractivity contribution in [3.05, 3.63) is 131 Å². The van der Waals surface area contributed by atoms with Gasteiger partial charge in [-0.05, 0) is 72.5 Å². The van der Waals surface area contributed by atoms with E-state index in [4.69, 9.17) is 0 Å². The zero-order chi connectivity index (χ0) is 28.6. The molecule has 0 bridgehead atoms. The molecule has 0 saturated carbocycles. The van der Waals surface area contributed by atoms with Crippen molar-refractivity contribution in [1.29, 1.82) is 0 Å². The summed E-state index contributed by atoms with van der Waals surface area (Å²) in [6, 6.07) is 30.9. The van der Waals surface area contributed by atoms with Crippen molar-refractivity contribution in [3.8, 4) is 0 Å². The highest BCUT2D eigenvalue weighted by molar-refractivity contribution is 7.92. The van der Waals surface area contributed by atoms with Gasteiger partial charge in [0.1, 0.15) is 5.82 Å². The van der Waals surface area contributed by atoms with Gasteiger partial charge in [0.25, 0.3) is 15.9 Å². The molecule has 0 radical (unpaired) electrons. The third kappa shape index (κ3) is 5.25. The number of fused-ring (bicyclic) bond motifs is 1. The van der Waals surface area contributed by atoms with Gasteiger partial charge in [0, 0.05) is 37.8 Å². The van der Waals surface area contributed by atoms with Gasteiger partial charge in [-0.2, -0.15) is 0 Å². The van der Waals surface area contributed by atoms with Gasteiger partial charge in [0.15, 0.2) is 0 Å². The molecule has 2 aliphatic rings. The zero-order valence-electron chi connectivity index (χ0n) is 22.9.